The first-order valence-electron chi connectivity index (χ1n) is 9.75. The molecule has 0 unspecified atom stereocenters. The summed E-state index contributed by atoms with van der Waals surface area (Å²) in [4.78, 5) is 29.7. The van der Waals surface area contributed by atoms with Crippen LogP contribution in [0.15, 0.2) is 54.2 Å². The van der Waals surface area contributed by atoms with Crippen LogP contribution >= 0.6 is 23.2 Å². The van der Waals surface area contributed by atoms with E-state index in [9.17, 15) is 9.59 Å². The SMILES string of the molecule is CCCCCN1C(=O)C(c2ccc(Cl)cc2Cl)=C(N(C)Cc2ccccc2)C1=O. The first kappa shape index (κ1) is 21.4. The number of halogens is 2. The second kappa shape index (κ2) is 9.47. The van der Waals surface area contributed by atoms with Gasteiger partial charge in [0.1, 0.15) is 5.70 Å². The minimum atomic E-state index is -0.301. The molecular weight excluding hydrogens is 407 g/mol. The van der Waals surface area contributed by atoms with Gasteiger partial charge in [-0.2, -0.15) is 0 Å². The standard InChI is InChI=1S/C23H24Cl2N2O2/c1-3-4-8-13-27-22(28)20(18-12-11-17(24)14-19(18)25)21(23(27)29)26(2)15-16-9-6-5-7-10-16/h5-7,9-12,14H,3-4,8,13,15H2,1-2H3. The Hall–Kier alpha value is -2.30. The predicted octanol–water partition coefficient (Wildman–Crippen LogP) is 5.40. The highest BCUT2D eigenvalue weighted by atomic mass is 35.5. The van der Waals surface area contributed by atoms with E-state index in [1.54, 1.807) is 18.2 Å². The maximum Gasteiger partial charge on any atom is 0.277 e. The smallest absolute Gasteiger partial charge is 0.277 e. The molecule has 4 nitrogen and oxygen atoms in total. The van der Waals surface area contributed by atoms with Gasteiger partial charge in [0.2, 0.25) is 0 Å². The third-order valence-corrected chi connectivity index (χ3v) is 5.52. The predicted molar refractivity (Wildman–Crippen MR) is 118 cm³/mol. The number of nitrogens with zero attached hydrogens (tertiary/aromatic N) is 2. The lowest BCUT2D eigenvalue weighted by molar-refractivity contribution is -0.137. The van der Waals surface area contributed by atoms with Crippen LogP contribution in [0.1, 0.15) is 37.3 Å². The fourth-order valence-electron chi connectivity index (χ4n) is 3.51. The van der Waals surface area contributed by atoms with Crippen LogP contribution in [-0.4, -0.2) is 35.2 Å². The normalized spacial score (nSPS) is 14.1. The van der Waals surface area contributed by atoms with Crippen molar-refractivity contribution in [3.05, 3.63) is 75.4 Å². The maximum absolute atomic E-state index is 13.2. The van der Waals surface area contributed by atoms with Crippen LogP contribution in [0.5, 0.6) is 0 Å². The van der Waals surface area contributed by atoms with E-state index >= 15 is 0 Å². The van der Waals surface area contributed by atoms with E-state index in [0.29, 0.717) is 40.0 Å². The van der Waals surface area contributed by atoms with Crippen LogP contribution < -0.4 is 0 Å². The summed E-state index contributed by atoms with van der Waals surface area (Å²) in [5.74, 6) is -0.573. The van der Waals surface area contributed by atoms with Gasteiger partial charge in [0, 0.05) is 30.7 Å². The molecule has 0 atom stereocenters. The second-order valence-electron chi connectivity index (χ2n) is 7.16. The van der Waals surface area contributed by atoms with Crippen LogP contribution in [0.2, 0.25) is 10.0 Å². The van der Waals surface area contributed by atoms with Crippen LogP contribution in [0.3, 0.4) is 0 Å². The van der Waals surface area contributed by atoms with Gasteiger partial charge in [-0.25, -0.2) is 0 Å². The Bertz CT molecular complexity index is 941. The van der Waals surface area contributed by atoms with Crippen molar-refractivity contribution in [2.75, 3.05) is 13.6 Å². The fourth-order valence-corrected chi connectivity index (χ4v) is 4.01. The van der Waals surface area contributed by atoms with Crippen LogP contribution in [0.25, 0.3) is 5.57 Å². The lowest BCUT2D eigenvalue weighted by atomic mass is 10.0. The van der Waals surface area contributed by atoms with Gasteiger partial charge in [-0.15, -0.1) is 0 Å². The molecule has 3 rings (SSSR count). The number of carbonyl (C=O) groups is 2. The molecule has 0 spiro atoms. The molecular formula is C23H24Cl2N2O2. The lowest BCUT2D eigenvalue weighted by Crippen LogP contribution is -2.34. The van der Waals surface area contributed by atoms with Crippen molar-refractivity contribution < 1.29 is 9.59 Å². The van der Waals surface area contributed by atoms with E-state index in [-0.39, 0.29) is 11.8 Å². The van der Waals surface area contributed by atoms with Crippen molar-refractivity contribution in [2.24, 2.45) is 0 Å². The average Bonchev–Trinajstić information content (AvgIpc) is 2.93. The van der Waals surface area contributed by atoms with Gasteiger partial charge < -0.3 is 4.90 Å². The van der Waals surface area contributed by atoms with Crippen molar-refractivity contribution in [1.82, 2.24) is 9.80 Å². The number of hydrogen-bond acceptors (Lipinski definition) is 3. The molecule has 1 aliphatic heterocycles. The number of amides is 2. The highest BCUT2D eigenvalue weighted by molar-refractivity contribution is 6.41. The van der Waals surface area contributed by atoms with Crippen LogP contribution in [-0.2, 0) is 16.1 Å². The number of benzene rings is 2. The summed E-state index contributed by atoms with van der Waals surface area (Å²) in [7, 11) is 1.83. The Morgan fingerprint density at radius 3 is 2.34 bits per heavy atom. The molecule has 0 aliphatic carbocycles. The van der Waals surface area contributed by atoms with Crippen LogP contribution in [0.4, 0.5) is 0 Å². The molecule has 29 heavy (non-hydrogen) atoms. The topological polar surface area (TPSA) is 40.6 Å². The van der Waals surface area contributed by atoms with Gasteiger partial charge in [-0.3, -0.25) is 14.5 Å². The molecule has 0 bridgehead atoms. The zero-order valence-electron chi connectivity index (χ0n) is 16.6. The Kier molecular flexibility index (Phi) is 6.99. The summed E-state index contributed by atoms with van der Waals surface area (Å²) >= 11 is 12.4. The molecule has 6 heteroatoms. The molecule has 2 aromatic rings. The van der Waals surface area contributed by atoms with E-state index in [1.807, 2.05) is 42.3 Å². The van der Waals surface area contributed by atoms with Gasteiger partial charge in [-0.05, 0) is 24.1 Å². The summed E-state index contributed by atoms with van der Waals surface area (Å²) in [6.45, 7) is 3.00. The quantitative estimate of drug-likeness (QED) is 0.415. The molecule has 0 aromatic heterocycles. The molecule has 152 valence electrons. The highest BCUT2D eigenvalue weighted by Gasteiger charge is 2.41. The zero-order valence-corrected chi connectivity index (χ0v) is 18.1. The van der Waals surface area contributed by atoms with E-state index in [2.05, 4.69) is 6.92 Å². The van der Waals surface area contributed by atoms with Crippen molar-refractivity contribution in [3.63, 3.8) is 0 Å². The number of rotatable bonds is 8. The Labute approximate surface area is 181 Å². The third-order valence-electron chi connectivity index (χ3n) is 4.97. The number of hydrogen-bond donors (Lipinski definition) is 0. The highest BCUT2D eigenvalue weighted by Crippen LogP contribution is 2.36. The average molecular weight is 431 g/mol. The molecule has 0 saturated carbocycles. The Balaban J connectivity index is 2.02. The molecule has 0 radical (unpaired) electrons. The summed E-state index contributed by atoms with van der Waals surface area (Å²) < 4.78 is 0. The van der Waals surface area contributed by atoms with Gasteiger partial charge in [0.05, 0.1) is 10.6 Å². The molecule has 0 N–H and O–H groups in total. The minimum absolute atomic E-state index is 0.273. The first-order valence-corrected chi connectivity index (χ1v) is 10.5. The minimum Gasteiger partial charge on any atom is -0.365 e. The van der Waals surface area contributed by atoms with Gasteiger partial charge in [0.25, 0.3) is 11.8 Å². The van der Waals surface area contributed by atoms with E-state index in [4.69, 9.17) is 23.2 Å². The Morgan fingerprint density at radius 2 is 1.69 bits per heavy atom. The van der Waals surface area contributed by atoms with E-state index in [1.165, 1.54) is 4.90 Å². The van der Waals surface area contributed by atoms with Crippen molar-refractivity contribution in [1.29, 1.82) is 0 Å². The fraction of sp³-hybridized carbons (Fsp3) is 0.304. The Morgan fingerprint density at radius 1 is 0.966 bits per heavy atom. The monoisotopic (exact) mass is 430 g/mol. The van der Waals surface area contributed by atoms with Crippen molar-refractivity contribution in [2.45, 2.75) is 32.7 Å². The third kappa shape index (κ3) is 4.65. The summed E-state index contributed by atoms with van der Waals surface area (Å²) in [6.07, 6.45) is 2.76. The van der Waals surface area contributed by atoms with Gasteiger partial charge >= 0.3 is 0 Å². The van der Waals surface area contributed by atoms with Crippen molar-refractivity contribution >= 4 is 40.6 Å². The lowest BCUT2D eigenvalue weighted by Gasteiger charge is -2.21. The summed E-state index contributed by atoms with van der Waals surface area (Å²) in [6, 6.07) is 14.8. The largest absolute Gasteiger partial charge is 0.365 e. The molecule has 2 aromatic carbocycles. The van der Waals surface area contributed by atoms with Crippen molar-refractivity contribution in [3.8, 4) is 0 Å². The molecule has 0 saturated heterocycles. The zero-order chi connectivity index (χ0) is 21.0. The van der Waals surface area contributed by atoms with E-state index < -0.39 is 0 Å². The molecule has 2 amide bonds. The number of carbonyl (C=O) groups excluding carboxylic acids is 2. The van der Waals surface area contributed by atoms with E-state index in [0.717, 1.165) is 24.8 Å². The number of likely N-dealkylation sites (N-methyl/N-ethyl adjacent to an activating group) is 1. The van der Waals surface area contributed by atoms with Gasteiger partial charge in [0.15, 0.2) is 0 Å². The summed E-state index contributed by atoms with van der Waals surface area (Å²) in [5.41, 5.74) is 2.29. The second-order valence-corrected chi connectivity index (χ2v) is 8.00. The molecule has 0 fully saturated rings. The summed E-state index contributed by atoms with van der Waals surface area (Å²) in [5, 5.41) is 0.838. The first-order chi connectivity index (χ1) is 13.9. The molecule has 1 aliphatic rings. The maximum atomic E-state index is 13.2. The van der Waals surface area contributed by atoms with Gasteiger partial charge in [-0.1, -0.05) is 79.4 Å². The van der Waals surface area contributed by atoms with Crippen LogP contribution in [0, 0.1) is 0 Å². The number of imide groups is 1. The number of unbranched alkanes of at least 4 members (excludes halogenated alkanes) is 2. The molecule has 1 heterocycles.